The van der Waals surface area contributed by atoms with E-state index in [0.29, 0.717) is 11.3 Å². The van der Waals surface area contributed by atoms with E-state index >= 15 is 0 Å². The van der Waals surface area contributed by atoms with Gasteiger partial charge in [-0.15, -0.1) is 0 Å². The molecule has 3 aromatic carbocycles. The molecule has 0 radical (unpaired) electrons. The number of fused-ring (bicyclic) bond motifs is 1. The maximum Gasteiger partial charge on any atom is 0.125 e. The third kappa shape index (κ3) is 2.48. The molecule has 3 rings (SSSR count). The molecule has 106 valence electrons. The van der Waals surface area contributed by atoms with Gasteiger partial charge in [-0.3, -0.25) is 0 Å². The largest absolute Gasteiger partial charge is 0.496 e. The van der Waals surface area contributed by atoms with Gasteiger partial charge in [-0.05, 0) is 34.5 Å². The van der Waals surface area contributed by atoms with E-state index in [1.807, 2.05) is 42.5 Å². The highest BCUT2D eigenvalue weighted by Crippen LogP contribution is 2.34. The van der Waals surface area contributed by atoms with Crippen molar-refractivity contribution < 1.29 is 14.2 Å². The number of hydrogen-bond acceptors (Lipinski definition) is 2. The Morgan fingerprint density at radius 3 is 2.52 bits per heavy atom. The van der Waals surface area contributed by atoms with Gasteiger partial charge < -0.3 is 9.84 Å². The molecule has 0 bridgehead atoms. The summed E-state index contributed by atoms with van der Waals surface area (Å²) in [7, 11) is 1.51. The Kier molecular flexibility index (Phi) is 3.59. The van der Waals surface area contributed by atoms with E-state index in [9.17, 15) is 9.50 Å². The second-order valence-electron chi connectivity index (χ2n) is 4.86. The Balaban J connectivity index is 2.17. The molecule has 0 saturated heterocycles. The van der Waals surface area contributed by atoms with E-state index in [-0.39, 0.29) is 0 Å². The summed E-state index contributed by atoms with van der Waals surface area (Å²) >= 11 is 0. The van der Waals surface area contributed by atoms with Crippen LogP contribution in [-0.2, 0) is 0 Å². The van der Waals surface area contributed by atoms with Crippen LogP contribution in [0.15, 0.2) is 60.7 Å². The predicted octanol–water partition coefficient (Wildman–Crippen LogP) is 4.07. The minimum Gasteiger partial charge on any atom is -0.496 e. The lowest BCUT2D eigenvalue weighted by Crippen LogP contribution is -2.03. The summed E-state index contributed by atoms with van der Waals surface area (Å²) in [5, 5.41) is 12.7. The summed E-state index contributed by atoms with van der Waals surface area (Å²) in [4.78, 5) is 0. The molecule has 1 unspecified atom stereocenters. The van der Waals surface area contributed by atoms with Crippen LogP contribution < -0.4 is 4.74 Å². The Morgan fingerprint density at radius 1 is 0.952 bits per heavy atom. The number of hydrogen-bond donors (Lipinski definition) is 1. The van der Waals surface area contributed by atoms with Crippen LogP contribution >= 0.6 is 0 Å². The van der Waals surface area contributed by atoms with Gasteiger partial charge in [0.15, 0.2) is 0 Å². The van der Waals surface area contributed by atoms with Gasteiger partial charge in [-0.25, -0.2) is 4.39 Å². The summed E-state index contributed by atoms with van der Waals surface area (Å²) in [5.41, 5.74) is 1.16. The zero-order valence-electron chi connectivity index (χ0n) is 11.6. The van der Waals surface area contributed by atoms with Gasteiger partial charge >= 0.3 is 0 Å². The van der Waals surface area contributed by atoms with Crippen LogP contribution in [0.5, 0.6) is 5.75 Å². The lowest BCUT2D eigenvalue weighted by molar-refractivity contribution is 0.215. The quantitative estimate of drug-likeness (QED) is 0.784. The van der Waals surface area contributed by atoms with Crippen LogP contribution in [0.4, 0.5) is 4.39 Å². The van der Waals surface area contributed by atoms with Crippen molar-refractivity contribution in [2.75, 3.05) is 7.11 Å². The zero-order valence-corrected chi connectivity index (χ0v) is 11.6. The van der Waals surface area contributed by atoms with Crippen molar-refractivity contribution >= 4 is 10.8 Å². The molecule has 3 heteroatoms. The van der Waals surface area contributed by atoms with Crippen molar-refractivity contribution in [3.8, 4) is 5.75 Å². The van der Waals surface area contributed by atoms with E-state index in [1.54, 1.807) is 0 Å². The van der Waals surface area contributed by atoms with Crippen LogP contribution in [0.3, 0.4) is 0 Å². The Morgan fingerprint density at radius 2 is 1.71 bits per heavy atom. The lowest BCUT2D eigenvalue weighted by Gasteiger charge is -2.17. The van der Waals surface area contributed by atoms with Crippen LogP contribution in [0.25, 0.3) is 10.8 Å². The molecular formula is C18H15FO2. The fourth-order valence-corrected chi connectivity index (χ4v) is 2.58. The fourth-order valence-electron chi connectivity index (χ4n) is 2.58. The molecule has 1 N–H and O–H groups in total. The zero-order chi connectivity index (χ0) is 14.8. The minimum atomic E-state index is -0.943. The van der Waals surface area contributed by atoms with Crippen LogP contribution in [0.2, 0.25) is 0 Å². The van der Waals surface area contributed by atoms with Crippen molar-refractivity contribution in [1.29, 1.82) is 0 Å². The number of aliphatic hydroxyl groups excluding tert-OH is 1. The van der Waals surface area contributed by atoms with Gasteiger partial charge in [-0.1, -0.05) is 42.5 Å². The molecule has 21 heavy (non-hydrogen) atoms. The molecule has 0 saturated carbocycles. The molecule has 0 heterocycles. The van der Waals surface area contributed by atoms with Crippen LogP contribution in [0, 0.1) is 5.82 Å². The summed E-state index contributed by atoms with van der Waals surface area (Å²) in [6.07, 6.45) is -0.943. The molecule has 0 aliphatic carbocycles. The van der Waals surface area contributed by atoms with E-state index in [0.717, 1.165) is 16.3 Å². The molecule has 0 aliphatic rings. The first-order valence-electron chi connectivity index (χ1n) is 6.70. The minimum absolute atomic E-state index is 0.398. The molecule has 0 spiro atoms. The summed E-state index contributed by atoms with van der Waals surface area (Å²) in [6.45, 7) is 0. The highest BCUT2D eigenvalue weighted by Gasteiger charge is 2.18. The van der Waals surface area contributed by atoms with Crippen molar-refractivity contribution in [3.63, 3.8) is 0 Å². The van der Waals surface area contributed by atoms with Crippen LogP contribution in [-0.4, -0.2) is 12.2 Å². The standard InChI is InChI=1S/C18H15FO2/c1-21-17-10-9-13(19)11-16(17)18(20)15-8-4-6-12-5-2-3-7-14(12)15/h2-11,18,20H,1H3. The Labute approximate surface area is 122 Å². The molecule has 0 fully saturated rings. The number of aliphatic hydroxyl groups is 1. The van der Waals surface area contributed by atoms with E-state index in [2.05, 4.69) is 0 Å². The highest BCUT2D eigenvalue weighted by molar-refractivity contribution is 5.86. The van der Waals surface area contributed by atoms with Gasteiger partial charge in [0.2, 0.25) is 0 Å². The average Bonchev–Trinajstić information content (AvgIpc) is 2.53. The first-order valence-corrected chi connectivity index (χ1v) is 6.70. The summed E-state index contributed by atoms with van der Waals surface area (Å²) in [6, 6.07) is 17.7. The smallest absolute Gasteiger partial charge is 0.125 e. The van der Waals surface area contributed by atoms with Gasteiger partial charge in [-0.2, -0.15) is 0 Å². The van der Waals surface area contributed by atoms with Crippen LogP contribution in [0.1, 0.15) is 17.2 Å². The second kappa shape index (κ2) is 5.54. The van der Waals surface area contributed by atoms with Crippen molar-refractivity contribution in [2.45, 2.75) is 6.10 Å². The highest BCUT2D eigenvalue weighted by atomic mass is 19.1. The maximum atomic E-state index is 13.5. The Hall–Kier alpha value is -2.39. The molecule has 0 aliphatic heterocycles. The first-order chi connectivity index (χ1) is 10.2. The Bertz CT molecular complexity index is 778. The molecule has 3 aromatic rings. The monoisotopic (exact) mass is 282 g/mol. The van der Waals surface area contributed by atoms with E-state index in [1.165, 1.54) is 25.3 Å². The first kappa shape index (κ1) is 13.6. The van der Waals surface area contributed by atoms with Gasteiger partial charge in [0, 0.05) is 5.56 Å². The average molecular weight is 282 g/mol. The number of rotatable bonds is 3. The van der Waals surface area contributed by atoms with Gasteiger partial charge in [0.25, 0.3) is 0 Å². The number of ether oxygens (including phenoxy) is 1. The molecule has 1 atom stereocenters. The number of methoxy groups -OCH3 is 1. The molecule has 0 amide bonds. The van der Waals surface area contributed by atoms with E-state index in [4.69, 9.17) is 4.74 Å². The second-order valence-corrected chi connectivity index (χ2v) is 4.86. The van der Waals surface area contributed by atoms with Crippen molar-refractivity contribution in [2.24, 2.45) is 0 Å². The number of halogens is 1. The van der Waals surface area contributed by atoms with Gasteiger partial charge in [0.1, 0.15) is 17.7 Å². The third-order valence-corrected chi connectivity index (χ3v) is 3.60. The predicted molar refractivity (Wildman–Crippen MR) is 81.0 cm³/mol. The van der Waals surface area contributed by atoms with Crippen molar-refractivity contribution in [1.82, 2.24) is 0 Å². The SMILES string of the molecule is COc1ccc(F)cc1C(O)c1cccc2ccccc12. The van der Waals surface area contributed by atoms with E-state index < -0.39 is 11.9 Å². The van der Waals surface area contributed by atoms with Crippen molar-refractivity contribution in [3.05, 3.63) is 77.6 Å². The summed E-state index contributed by atoms with van der Waals surface area (Å²) < 4.78 is 18.7. The molecular weight excluding hydrogens is 267 g/mol. The summed E-state index contributed by atoms with van der Waals surface area (Å²) in [5.74, 6) is 0.0712. The lowest BCUT2D eigenvalue weighted by atomic mass is 9.95. The normalized spacial score (nSPS) is 12.3. The topological polar surface area (TPSA) is 29.5 Å². The van der Waals surface area contributed by atoms with Gasteiger partial charge in [0.05, 0.1) is 7.11 Å². The maximum absolute atomic E-state index is 13.5. The molecule has 2 nitrogen and oxygen atoms in total. The molecule has 0 aromatic heterocycles. The number of benzene rings is 3. The fraction of sp³-hybridized carbons (Fsp3) is 0.111. The third-order valence-electron chi connectivity index (χ3n) is 3.60.